The van der Waals surface area contributed by atoms with E-state index in [0.717, 1.165) is 19.3 Å². The summed E-state index contributed by atoms with van der Waals surface area (Å²) in [5.74, 6) is 0.522. The molecule has 0 unspecified atom stereocenters. The van der Waals surface area contributed by atoms with Crippen LogP contribution in [0.4, 0.5) is 0 Å². The second-order valence-electron chi connectivity index (χ2n) is 7.57. The molecule has 0 spiro atoms. The molecule has 0 aliphatic carbocycles. The molecule has 3 heterocycles. The zero-order valence-electron chi connectivity index (χ0n) is 16.5. The second-order valence-corrected chi connectivity index (χ2v) is 8.48. The van der Waals surface area contributed by atoms with Crippen LogP contribution in [0, 0.1) is 5.92 Å². The number of nitrogens with zero attached hydrogens (tertiary/aromatic N) is 3. The van der Waals surface area contributed by atoms with Crippen LogP contribution in [0.15, 0.2) is 51.4 Å². The summed E-state index contributed by atoms with van der Waals surface area (Å²) < 4.78 is 3.19. The lowest BCUT2D eigenvalue weighted by Gasteiger charge is -2.32. The predicted molar refractivity (Wildman–Crippen MR) is 115 cm³/mol. The van der Waals surface area contributed by atoms with Gasteiger partial charge in [-0.05, 0) is 49.1 Å². The Balaban J connectivity index is 1.46. The zero-order chi connectivity index (χ0) is 20.4. The molecule has 4 rings (SSSR count). The average Bonchev–Trinajstić information content (AvgIpc) is 3.23. The summed E-state index contributed by atoms with van der Waals surface area (Å²) >= 11 is 1.31. The number of hydrogen-bond donors (Lipinski definition) is 0. The highest BCUT2D eigenvalue weighted by Crippen LogP contribution is 2.22. The number of carbonyl (C=O) groups excluding carboxylic acids is 1. The summed E-state index contributed by atoms with van der Waals surface area (Å²) in [5, 5.41) is 1.79. The third-order valence-electron chi connectivity index (χ3n) is 5.78. The molecule has 0 atom stereocenters. The lowest BCUT2D eigenvalue weighted by molar-refractivity contribution is -0.133. The van der Waals surface area contributed by atoms with Gasteiger partial charge < -0.3 is 4.90 Å². The first kappa shape index (κ1) is 19.6. The third kappa shape index (κ3) is 3.92. The molecule has 1 fully saturated rings. The maximum atomic E-state index is 12.9. The molecule has 6 nitrogen and oxygen atoms in total. The van der Waals surface area contributed by atoms with Crippen LogP contribution in [-0.2, 0) is 24.3 Å². The fourth-order valence-electron chi connectivity index (χ4n) is 4.13. The molecule has 1 saturated heterocycles. The molecule has 0 saturated carbocycles. The summed E-state index contributed by atoms with van der Waals surface area (Å²) in [4.78, 5) is 40.0. The molecule has 1 amide bonds. The lowest BCUT2D eigenvalue weighted by Crippen LogP contribution is -2.45. The monoisotopic (exact) mass is 411 g/mol. The topological polar surface area (TPSA) is 64.3 Å². The average molecular weight is 412 g/mol. The number of aromatic nitrogens is 2. The summed E-state index contributed by atoms with van der Waals surface area (Å²) in [6.07, 6.45) is 2.98. The van der Waals surface area contributed by atoms with E-state index in [-0.39, 0.29) is 18.0 Å². The number of fused-ring (bicyclic) bond motifs is 1. The molecular formula is C22H25N3O3S. The Morgan fingerprint density at radius 1 is 1.07 bits per heavy atom. The van der Waals surface area contributed by atoms with Crippen molar-refractivity contribution in [2.45, 2.75) is 39.3 Å². The molecule has 1 aromatic carbocycles. The van der Waals surface area contributed by atoms with Crippen molar-refractivity contribution in [2.75, 3.05) is 13.1 Å². The second kappa shape index (κ2) is 8.37. The van der Waals surface area contributed by atoms with E-state index in [4.69, 9.17) is 0 Å². The summed E-state index contributed by atoms with van der Waals surface area (Å²) in [5.41, 5.74) is 1.22. The van der Waals surface area contributed by atoms with Gasteiger partial charge in [0.25, 0.3) is 5.56 Å². The predicted octanol–water partition coefficient (Wildman–Crippen LogP) is 2.73. The third-order valence-corrected chi connectivity index (χ3v) is 6.67. The van der Waals surface area contributed by atoms with Gasteiger partial charge in [-0.1, -0.05) is 30.3 Å². The van der Waals surface area contributed by atoms with Gasteiger partial charge >= 0.3 is 5.69 Å². The normalized spacial score (nSPS) is 15.1. The van der Waals surface area contributed by atoms with E-state index in [2.05, 4.69) is 24.3 Å². The van der Waals surface area contributed by atoms with Gasteiger partial charge in [0.15, 0.2) is 0 Å². The Morgan fingerprint density at radius 3 is 2.48 bits per heavy atom. The van der Waals surface area contributed by atoms with Gasteiger partial charge in [0.1, 0.15) is 11.2 Å². The van der Waals surface area contributed by atoms with E-state index < -0.39 is 5.69 Å². The molecular weight excluding hydrogens is 386 g/mol. The SMILES string of the molecule is CCn1c(=O)c2sccc2n(CC(=O)N2CCC(Cc3ccccc3)CC2)c1=O. The van der Waals surface area contributed by atoms with Crippen LogP contribution in [-0.4, -0.2) is 33.0 Å². The first-order chi connectivity index (χ1) is 14.1. The van der Waals surface area contributed by atoms with Crippen LogP contribution in [0.1, 0.15) is 25.3 Å². The van der Waals surface area contributed by atoms with Crippen LogP contribution in [0.3, 0.4) is 0 Å². The van der Waals surface area contributed by atoms with Crippen molar-refractivity contribution in [2.24, 2.45) is 5.92 Å². The fourth-order valence-corrected chi connectivity index (χ4v) is 4.98. The van der Waals surface area contributed by atoms with Crippen molar-refractivity contribution >= 4 is 27.5 Å². The van der Waals surface area contributed by atoms with E-state index >= 15 is 0 Å². The number of thiophene rings is 1. The van der Waals surface area contributed by atoms with Crippen LogP contribution < -0.4 is 11.2 Å². The molecule has 3 aromatic rings. The van der Waals surface area contributed by atoms with E-state index in [1.165, 1.54) is 26.0 Å². The van der Waals surface area contributed by atoms with Crippen molar-refractivity contribution < 1.29 is 4.79 Å². The van der Waals surface area contributed by atoms with Gasteiger partial charge in [0.05, 0.1) is 5.52 Å². The Hall–Kier alpha value is -2.67. The number of likely N-dealkylation sites (tertiary alicyclic amines) is 1. The lowest BCUT2D eigenvalue weighted by atomic mass is 9.90. The minimum Gasteiger partial charge on any atom is -0.341 e. The van der Waals surface area contributed by atoms with E-state index in [1.807, 2.05) is 11.0 Å². The maximum Gasteiger partial charge on any atom is 0.331 e. The number of amides is 1. The Kier molecular flexibility index (Phi) is 5.67. The van der Waals surface area contributed by atoms with Gasteiger partial charge in [0.2, 0.25) is 5.91 Å². The molecule has 152 valence electrons. The van der Waals surface area contributed by atoms with Crippen LogP contribution >= 0.6 is 11.3 Å². The van der Waals surface area contributed by atoms with E-state index in [0.29, 0.717) is 35.8 Å². The molecule has 29 heavy (non-hydrogen) atoms. The summed E-state index contributed by atoms with van der Waals surface area (Å²) in [6.45, 7) is 3.47. The van der Waals surface area contributed by atoms with Gasteiger partial charge in [-0.15, -0.1) is 11.3 Å². The summed E-state index contributed by atoms with van der Waals surface area (Å²) in [7, 11) is 0. The Labute approximate surface area is 173 Å². The highest BCUT2D eigenvalue weighted by Gasteiger charge is 2.24. The number of carbonyl (C=O) groups is 1. The molecule has 1 aliphatic rings. The zero-order valence-corrected chi connectivity index (χ0v) is 17.4. The molecule has 0 radical (unpaired) electrons. The number of hydrogen-bond acceptors (Lipinski definition) is 4. The van der Waals surface area contributed by atoms with Crippen molar-refractivity contribution in [1.82, 2.24) is 14.0 Å². The number of benzene rings is 1. The van der Waals surface area contributed by atoms with Gasteiger partial charge in [-0.25, -0.2) is 4.79 Å². The molecule has 1 aliphatic heterocycles. The first-order valence-electron chi connectivity index (χ1n) is 10.1. The number of rotatable bonds is 5. The van der Waals surface area contributed by atoms with Crippen LogP contribution in [0.2, 0.25) is 0 Å². The van der Waals surface area contributed by atoms with E-state index in [1.54, 1.807) is 18.4 Å². The smallest absolute Gasteiger partial charge is 0.331 e. The van der Waals surface area contributed by atoms with Crippen molar-refractivity contribution in [3.8, 4) is 0 Å². The maximum absolute atomic E-state index is 12.9. The minimum absolute atomic E-state index is 0.0182. The first-order valence-corrected chi connectivity index (χ1v) is 11.0. The molecule has 0 N–H and O–H groups in total. The largest absolute Gasteiger partial charge is 0.341 e. The van der Waals surface area contributed by atoms with Gasteiger partial charge in [0, 0.05) is 19.6 Å². The van der Waals surface area contributed by atoms with Crippen molar-refractivity contribution in [1.29, 1.82) is 0 Å². The van der Waals surface area contributed by atoms with Crippen LogP contribution in [0.25, 0.3) is 10.2 Å². The Morgan fingerprint density at radius 2 is 1.79 bits per heavy atom. The molecule has 0 bridgehead atoms. The molecule has 2 aromatic heterocycles. The van der Waals surface area contributed by atoms with Gasteiger partial charge in [-0.3, -0.25) is 18.7 Å². The highest BCUT2D eigenvalue weighted by molar-refractivity contribution is 7.17. The fraction of sp³-hybridized carbons (Fsp3) is 0.409. The quantitative estimate of drug-likeness (QED) is 0.649. The van der Waals surface area contributed by atoms with Gasteiger partial charge in [-0.2, -0.15) is 0 Å². The minimum atomic E-state index is -0.407. The van der Waals surface area contributed by atoms with Crippen molar-refractivity contribution in [3.05, 3.63) is 68.2 Å². The van der Waals surface area contributed by atoms with Crippen LogP contribution in [0.5, 0.6) is 0 Å². The standard InChI is InChI=1S/C22H25N3O3S/c1-2-24-21(27)20-18(10-13-29-20)25(22(24)28)15-19(26)23-11-8-17(9-12-23)14-16-6-4-3-5-7-16/h3-7,10,13,17H,2,8-9,11-12,14-15H2,1H3. The molecule has 7 heteroatoms. The summed E-state index contributed by atoms with van der Waals surface area (Å²) in [6, 6.07) is 12.2. The Bertz CT molecular complexity index is 1120. The van der Waals surface area contributed by atoms with E-state index in [9.17, 15) is 14.4 Å². The van der Waals surface area contributed by atoms with Crippen molar-refractivity contribution in [3.63, 3.8) is 0 Å². The number of piperidine rings is 1. The highest BCUT2D eigenvalue weighted by atomic mass is 32.1.